The van der Waals surface area contributed by atoms with Crippen molar-refractivity contribution in [1.82, 2.24) is 10.2 Å². The molecule has 1 heterocycles. The van der Waals surface area contributed by atoms with Crippen LogP contribution in [0.15, 0.2) is 0 Å². The second kappa shape index (κ2) is 5.03. The quantitative estimate of drug-likeness (QED) is 0.754. The van der Waals surface area contributed by atoms with Gasteiger partial charge in [0, 0.05) is 13.1 Å². The second-order valence-corrected chi connectivity index (χ2v) is 5.03. The van der Waals surface area contributed by atoms with Crippen molar-refractivity contribution in [3.63, 3.8) is 0 Å². The van der Waals surface area contributed by atoms with Crippen LogP contribution >= 0.6 is 0 Å². The van der Waals surface area contributed by atoms with Crippen molar-refractivity contribution in [2.75, 3.05) is 32.8 Å². The molecule has 17 heavy (non-hydrogen) atoms. The van der Waals surface area contributed by atoms with Gasteiger partial charge in [-0.05, 0) is 25.7 Å². The van der Waals surface area contributed by atoms with Crippen LogP contribution in [0.5, 0.6) is 0 Å². The SMILES string of the molecule is CC(C#N)(NC(=O)CN1CCOCC1)C1CC1. The summed E-state index contributed by atoms with van der Waals surface area (Å²) in [6, 6.07) is 2.23. The summed E-state index contributed by atoms with van der Waals surface area (Å²) in [5.41, 5.74) is -0.677. The van der Waals surface area contributed by atoms with Gasteiger partial charge in [0.1, 0.15) is 5.54 Å². The molecule has 94 valence electrons. The Labute approximate surface area is 102 Å². The summed E-state index contributed by atoms with van der Waals surface area (Å²) in [5.74, 6) is 0.281. The minimum absolute atomic E-state index is 0.0529. The largest absolute Gasteiger partial charge is 0.379 e. The topological polar surface area (TPSA) is 65.4 Å². The minimum Gasteiger partial charge on any atom is -0.379 e. The predicted molar refractivity (Wildman–Crippen MR) is 62.1 cm³/mol. The zero-order valence-corrected chi connectivity index (χ0v) is 10.2. The van der Waals surface area contributed by atoms with Crippen LogP contribution in [-0.4, -0.2) is 49.2 Å². The highest BCUT2D eigenvalue weighted by Crippen LogP contribution is 2.39. The van der Waals surface area contributed by atoms with Crippen LogP contribution < -0.4 is 5.32 Å². The monoisotopic (exact) mass is 237 g/mol. The Balaban J connectivity index is 1.81. The number of nitriles is 1. The maximum Gasteiger partial charge on any atom is 0.235 e. The van der Waals surface area contributed by atoms with Crippen molar-refractivity contribution in [3.05, 3.63) is 0 Å². The first-order valence-electron chi connectivity index (χ1n) is 6.16. The highest BCUT2D eigenvalue weighted by atomic mass is 16.5. The van der Waals surface area contributed by atoms with Crippen molar-refractivity contribution >= 4 is 5.91 Å². The Bertz CT molecular complexity index is 329. The summed E-state index contributed by atoms with van der Waals surface area (Å²) in [4.78, 5) is 13.9. The number of morpholine rings is 1. The first-order valence-corrected chi connectivity index (χ1v) is 6.16. The lowest BCUT2D eigenvalue weighted by molar-refractivity contribution is -0.124. The predicted octanol–water partition coefficient (Wildman–Crippen LogP) is 0.127. The second-order valence-electron chi connectivity index (χ2n) is 5.03. The van der Waals surface area contributed by atoms with E-state index >= 15 is 0 Å². The minimum atomic E-state index is -0.677. The molecule has 1 aliphatic heterocycles. The lowest BCUT2D eigenvalue weighted by Crippen LogP contribution is -2.51. The molecule has 5 heteroatoms. The molecule has 2 rings (SSSR count). The number of carbonyl (C=O) groups excluding carboxylic acids is 1. The average Bonchev–Trinajstić information content (AvgIpc) is 3.14. The van der Waals surface area contributed by atoms with Gasteiger partial charge < -0.3 is 10.1 Å². The molecule has 5 nitrogen and oxygen atoms in total. The third-order valence-corrected chi connectivity index (χ3v) is 3.50. The highest BCUT2D eigenvalue weighted by molar-refractivity contribution is 5.79. The molecule has 1 aliphatic carbocycles. The summed E-state index contributed by atoms with van der Waals surface area (Å²) in [5, 5.41) is 12.0. The van der Waals surface area contributed by atoms with Gasteiger partial charge in [-0.15, -0.1) is 0 Å². The van der Waals surface area contributed by atoms with Crippen molar-refractivity contribution in [1.29, 1.82) is 5.26 Å². The Hall–Kier alpha value is -1.12. The molecule has 1 N–H and O–H groups in total. The lowest BCUT2D eigenvalue weighted by Gasteiger charge is -2.28. The Morgan fingerprint density at radius 1 is 1.53 bits per heavy atom. The van der Waals surface area contributed by atoms with E-state index in [1.54, 1.807) is 0 Å². The van der Waals surface area contributed by atoms with E-state index in [0.717, 1.165) is 25.9 Å². The van der Waals surface area contributed by atoms with E-state index in [-0.39, 0.29) is 5.91 Å². The molecule has 2 fully saturated rings. The van der Waals surface area contributed by atoms with Crippen molar-refractivity contribution < 1.29 is 9.53 Å². The van der Waals surface area contributed by atoms with Gasteiger partial charge in [-0.2, -0.15) is 5.26 Å². The lowest BCUT2D eigenvalue weighted by atomic mass is 9.98. The molecule has 1 saturated heterocycles. The third-order valence-electron chi connectivity index (χ3n) is 3.50. The van der Waals surface area contributed by atoms with Gasteiger partial charge >= 0.3 is 0 Å². The van der Waals surface area contributed by atoms with Crippen LogP contribution in [0.1, 0.15) is 19.8 Å². The van der Waals surface area contributed by atoms with Gasteiger partial charge in [-0.25, -0.2) is 0 Å². The van der Waals surface area contributed by atoms with Gasteiger partial charge in [0.25, 0.3) is 0 Å². The molecular weight excluding hydrogens is 218 g/mol. The molecule has 1 unspecified atom stereocenters. The standard InChI is InChI=1S/C12H19N3O2/c1-12(9-13,10-2-3-10)14-11(16)8-15-4-6-17-7-5-15/h10H,2-8H2,1H3,(H,14,16). The van der Waals surface area contributed by atoms with Crippen LogP contribution in [0.25, 0.3) is 0 Å². The van der Waals surface area contributed by atoms with Crippen LogP contribution in [-0.2, 0) is 9.53 Å². The first-order chi connectivity index (χ1) is 8.14. The molecule has 1 amide bonds. The van der Waals surface area contributed by atoms with E-state index in [0.29, 0.717) is 25.7 Å². The molecule has 0 aromatic carbocycles. The fraction of sp³-hybridized carbons (Fsp3) is 0.833. The van der Waals surface area contributed by atoms with E-state index in [1.807, 2.05) is 6.92 Å². The van der Waals surface area contributed by atoms with Gasteiger partial charge in [-0.1, -0.05) is 0 Å². The fourth-order valence-corrected chi connectivity index (χ4v) is 2.17. The molecule has 0 aromatic heterocycles. The Kier molecular flexibility index (Phi) is 3.65. The number of hydrogen-bond acceptors (Lipinski definition) is 4. The smallest absolute Gasteiger partial charge is 0.235 e. The van der Waals surface area contributed by atoms with Gasteiger partial charge in [0.15, 0.2) is 0 Å². The number of nitrogens with one attached hydrogen (secondary N) is 1. The summed E-state index contributed by atoms with van der Waals surface area (Å²) in [7, 11) is 0. The number of amides is 1. The van der Waals surface area contributed by atoms with Gasteiger partial charge in [0.05, 0.1) is 25.8 Å². The summed E-state index contributed by atoms with van der Waals surface area (Å²) in [6.45, 7) is 5.15. The normalized spacial score (nSPS) is 24.7. The van der Waals surface area contributed by atoms with Gasteiger partial charge in [0.2, 0.25) is 5.91 Å². The summed E-state index contributed by atoms with van der Waals surface area (Å²) >= 11 is 0. The summed E-state index contributed by atoms with van der Waals surface area (Å²) < 4.78 is 5.23. The fourth-order valence-electron chi connectivity index (χ4n) is 2.17. The molecule has 0 spiro atoms. The van der Waals surface area contributed by atoms with Crippen molar-refractivity contribution in [3.8, 4) is 6.07 Å². The Morgan fingerprint density at radius 3 is 2.71 bits per heavy atom. The summed E-state index contributed by atoms with van der Waals surface area (Å²) in [6.07, 6.45) is 2.09. The van der Waals surface area contributed by atoms with Crippen LogP contribution in [0.2, 0.25) is 0 Å². The van der Waals surface area contributed by atoms with Gasteiger partial charge in [-0.3, -0.25) is 9.69 Å². The zero-order valence-electron chi connectivity index (χ0n) is 10.2. The first kappa shape index (κ1) is 12.3. The highest BCUT2D eigenvalue weighted by Gasteiger charge is 2.43. The number of hydrogen-bond donors (Lipinski definition) is 1. The third kappa shape index (κ3) is 3.18. The van der Waals surface area contributed by atoms with Crippen molar-refractivity contribution in [2.45, 2.75) is 25.3 Å². The zero-order chi connectivity index (χ0) is 12.3. The number of ether oxygens (including phenoxy) is 1. The van der Waals surface area contributed by atoms with E-state index < -0.39 is 5.54 Å². The molecule has 1 atom stereocenters. The number of carbonyl (C=O) groups is 1. The van der Waals surface area contributed by atoms with E-state index in [2.05, 4.69) is 16.3 Å². The molecule has 0 radical (unpaired) electrons. The number of nitrogens with zero attached hydrogens (tertiary/aromatic N) is 2. The average molecular weight is 237 g/mol. The van der Waals surface area contributed by atoms with Crippen LogP contribution in [0.3, 0.4) is 0 Å². The molecule has 1 saturated carbocycles. The molecule has 2 aliphatic rings. The van der Waals surface area contributed by atoms with Crippen LogP contribution in [0, 0.1) is 17.2 Å². The molecular formula is C12H19N3O2. The van der Waals surface area contributed by atoms with E-state index in [1.165, 1.54) is 0 Å². The molecule has 0 bridgehead atoms. The van der Waals surface area contributed by atoms with E-state index in [4.69, 9.17) is 10.00 Å². The van der Waals surface area contributed by atoms with Crippen LogP contribution in [0.4, 0.5) is 0 Å². The number of rotatable bonds is 4. The van der Waals surface area contributed by atoms with Crippen molar-refractivity contribution in [2.24, 2.45) is 5.92 Å². The maximum absolute atomic E-state index is 11.9. The Morgan fingerprint density at radius 2 is 2.18 bits per heavy atom. The van der Waals surface area contributed by atoms with E-state index in [9.17, 15) is 4.79 Å². The maximum atomic E-state index is 11.9. The molecule has 0 aromatic rings.